The second-order valence-electron chi connectivity index (χ2n) is 8.81. The van der Waals surface area contributed by atoms with Gasteiger partial charge in [0, 0.05) is 38.6 Å². The summed E-state index contributed by atoms with van der Waals surface area (Å²) in [6.07, 6.45) is 1.54. The fourth-order valence-corrected chi connectivity index (χ4v) is 4.59. The number of fused-ring (bicyclic) bond motifs is 1. The molecule has 0 atom stereocenters. The average molecular weight is 500 g/mol. The summed E-state index contributed by atoms with van der Waals surface area (Å²) in [6, 6.07) is 15.0. The number of carboxylic acid groups (broad SMARTS) is 2. The zero-order valence-corrected chi connectivity index (χ0v) is 20.5. The summed E-state index contributed by atoms with van der Waals surface area (Å²) in [5.41, 5.74) is 1.35. The molecule has 0 saturated carbocycles. The van der Waals surface area contributed by atoms with Crippen LogP contribution in [-0.4, -0.2) is 94.7 Å². The van der Waals surface area contributed by atoms with Crippen molar-refractivity contribution in [2.45, 2.75) is 26.3 Å². The minimum absolute atomic E-state index is 0.0999. The van der Waals surface area contributed by atoms with Crippen molar-refractivity contribution in [3.05, 3.63) is 48.0 Å². The molecule has 2 fully saturated rings. The molecule has 0 aliphatic carbocycles. The van der Waals surface area contributed by atoms with Crippen LogP contribution in [-0.2, 0) is 25.7 Å². The van der Waals surface area contributed by atoms with Gasteiger partial charge in [-0.05, 0) is 49.2 Å². The summed E-state index contributed by atoms with van der Waals surface area (Å²) in [7, 11) is 0. The molecular weight excluding hydrogens is 466 g/mol. The highest BCUT2D eigenvalue weighted by atomic mass is 16.6. The predicted molar refractivity (Wildman–Crippen MR) is 132 cm³/mol. The van der Waals surface area contributed by atoms with Crippen molar-refractivity contribution in [1.29, 1.82) is 0 Å². The van der Waals surface area contributed by atoms with Crippen LogP contribution in [0.1, 0.15) is 25.3 Å². The fraction of sp³-hybridized carbons (Fsp3) is 0.462. The van der Waals surface area contributed by atoms with Gasteiger partial charge >= 0.3 is 18.0 Å². The van der Waals surface area contributed by atoms with Gasteiger partial charge in [0.05, 0.1) is 6.61 Å². The van der Waals surface area contributed by atoms with Crippen molar-refractivity contribution >= 4 is 34.7 Å². The summed E-state index contributed by atoms with van der Waals surface area (Å²) < 4.78 is 5.06. The van der Waals surface area contributed by atoms with Gasteiger partial charge in [-0.1, -0.05) is 42.5 Å². The smallest absolute Gasteiger partial charge is 0.414 e. The van der Waals surface area contributed by atoms with Gasteiger partial charge in [0.2, 0.25) is 5.91 Å². The second-order valence-corrected chi connectivity index (χ2v) is 8.81. The van der Waals surface area contributed by atoms with Crippen molar-refractivity contribution < 1.29 is 34.1 Å². The lowest BCUT2D eigenvalue weighted by atomic mass is 9.94. The molecule has 2 saturated heterocycles. The largest absolute Gasteiger partial charge is 0.473 e. The lowest BCUT2D eigenvalue weighted by molar-refractivity contribution is -0.159. The van der Waals surface area contributed by atoms with Gasteiger partial charge in [0.1, 0.15) is 0 Å². The Morgan fingerprint density at radius 3 is 2.03 bits per heavy atom. The monoisotopic (exact) mass is 499 g/mol. The van der Waals surface area contributed by atoms with E-state index in [4.69, 9.17) is 24.5 Å². The highest BCUT2D eigenvalue weighted by molar-refractivity contribution is 6.27. The van der Waals surface area contributed by atoms with E-state index in [1.807, 2.05) is 11.8 Å². The molecule has 0 radical (unpaired) electrons. The van der Waals surface area contributed by atoms with Crippen LogP contribution in [0.15, 0.2) is 42.5 Å². The van der Waals surface area contributed by atoms with E-state index in [0.29, 0.717) is 32.8 Å². The number of amides is 2. The van der Waals surface area contributed by atoms with E-state index in [0.717, 1.165) is 32.5 Å². The van der Waals surface area contributed by atoms with Crippen molar-refractivity contribution in [3.63, 3.8) is 0 Å². The van der Waals surface area contributed by atoms with Crippen molar-refractivity contribution in [3.8, 4) is 0 Å². The summed E-state index contributed by atoms with van der Waals surface area (Å²) in [6.45, 7) is 7.35. The minimum atomic E-state index is -1.82. The molecule has 0 spiro atoms. The maximum Gasteiger partial charge on any atom is 0.414 e. The van der Waals surface area contributed by atoms with Crippen LogP contribution in [0, 0.1) is 5.92 Å². The lowest BCUT2D eigenvalue weighted by Crippen LogP contribution is -2.53. The van der Waals surface area contributed by atoms with E-state index < -0.39 is 11.9 Å². The molecule has 36 heavy (non-hydrogen) atoms. The molecule has 2 aliphatic heterocycles. The number of rotatable bonds is 4. The Morgan fingerprint density at radius 2 is 1.42 bits per heavy atom. The van der Waals surface area contributed by atoms with Crippen LogP contribution in [0.5, 0.6) is 0 Å². The van der Waals surface area contributed by atoms with Crippen molar-refractivity contribution in [2.75, 3.05) is 45.9 Å². The SMILES string of the molecule is CCOC(=O)N1CCN(C(=O)C2CCN(Cc3cccc4ccccc34)CC2)CC1.O=C(O)C(=O)O. The van der Waals surface area contributed by atoms with Gasteiger partial charge in [-0.15, -0.1) is 0 Å². The van der Waals surface area contributed by atoms with E-state index in [1.165, 1.54) is 16.3 Å². The number of hydrogen-bond acceptors (Lipinski definition) is 6. The van der Waals surface area contributed by atoms with Crippen LogP contribution in [0.2, 0.25) is 0 Å². The Kier molecular flexibility index (Phi) is 9.63. The van der Waals surface area contributed by atoms with Crippen molar-refractivity contribution in [2.24, 2.45) is 5.92 Å². The Morgan fingerprint density at radius 1 is 0.833 bits per heavy atom. The lowest BCUT2D eigenvalue weighted by Gasteiger charge is -2.38. The molecule has 2 amide bonds. The van der Waals surface area contributed by atoms with Gasteiger partial charge in [-0.2, -0.15) is 0 Å². The van der Waals surface area contributed by atoms with Crippen LogP contribution in [0.25, 0.3) is 10.8 Å². The molecular formula is C26H33N3O7. The molecule has 2 N–H and O–H groups in total. The van der Waals surface area contributed by atoms with E-state index >= 15 is 0 Å². The molecule has 4 rings (SSSR count). The zero-order valence-electron chi connectivity index (χ0n) is 20.5. The van der Waals surface area contributed by atoms with E-state index in [1.54, 1.807) is 4.90 Å². The number of ether oxygens (including phenoxy) is 1. The van der Waals surface area contributed by atoms with Crippen molar-refractivity contribution in [1.82, 2.24) is 14.7 Å². The highest BCUT2D eigenvalue weighted by Gasteiger charge is 2.31. The first-order valence-electron chi connectivity index (χ1n) is 12.2. The van der Waals surface area contributed by atoms with E-state index in [-0.39, 0.29) is 17.9 Å². The number of aliphatic carboxylic acids is 2. The third kappa shape index (κ3) is 7.17. The molecule has 0 aromatic heterocycles. The topological polar surface area (TPSA) is 128 Å². The number of carbonyl (C=O) groups excluding carboxylic acids is 2. The number of benzene rings is 2. The standard InChI is InChI=1S/C24H31N3O3.C2H2O4/c1-2-30-24(29)27-16-14-26(15-17-27)23(28)20-10-12-25(13-11-20)18-21-8-5-7-19-6-3-4-9-22(19)21;3-1(4)2(5)6/h3-9,20H,2,10-18H2,1H3;(H,3,4)(H,5,6). The van der Waals surface area contributed by atoms with Gasteiger partial charge in [-0.25, -0.2) is 14.4 Å². The van der Waals surface area contributed by atoms with Crippen LogP contribution < -0.4 is 0 Å². The van der Waals surface area contributed by atoms with Crippen LogP contribution in [0.4, 0.5) is 4.79 Å². The first kappa shape index (κ1) is 26.9. The first-order valence-corrected chi connectivity index (χ1v) is 12.2. The third-order valence-corrected chi connectivity index (χ3v) is 6.51. The first-order chi connectivity index (χ1) is 17.3. The number of piperazine rings is 1. The summed E-state index contributed by atoms with van der Waals surface area (Å²) >= 11 is 0. The maximum absolute atomic E-state index is 13.0. The van der Waals surface area contributed by atoms with Gasteiger partial charge in [-0.3, -0.25) is 9.69 Å². The Labute approximate surface area is 210 Å². The Bertz CT molecular complexity index is 1060. The number of carboxylic acids is 2. The highest BCUT2D eigenvalue weighted by Crippen LogP contribution is 2.25. The number of nitrogens with zero attached hydrogens (tertiary/aromatic N) is 3. The zero-order chi connectivity index (χ0) is 26.1. The number of carbonyl (C=O) groups is 4. The molecule has 2 aromatic rings. The molecule has 0 unspecified atom stereocenters. The summed E-state index contributed by atoms with van der Waals surface area (Å²) in [5, 5.41) is 17.4. The summed E-state index contributed by atoms with van der Waals surface area (Å²) in [4.78, 5) is 49.1. The minimum Gasteiger partial charge on any atom is -0.473 e. The van der Waals surface area contributed by atoms with Gasteiger partial charge in [0.25, 0.3) is 0 Å². The Balaban J connectivity index is 0.000000538. The molecule has 2 aromatic carbocycles. The fourth-order valence-electron chi connectivity index (χ4n) is 4.59. The molecule has 0 bridgehead atoms. The van der Waals surface area contributed by atoms with E-state index in [9.17, 15) is 9.59 Å². The predicted octanol–water partition coefficient (Wildman–Crippen LogP) is 2.51. The quantitative estimate of drug-likeness (QED) is 0.615. The molecule has 10 nitrogen and oxygen atoms in total. The normalized spacial score (nSPS) is 16.7. The molecule has 2 aliphatic rings. The summed E-state index contributed by atoms with van der Waals surface area (Å²) in [5.74, 6) is -3.30. The number of piperidine rings is 1. The third-order valence-electron chi connectivity index (χ3n) is 6.51. The van der Waals surface area contributed by atoms with Crippen LogP contribution in [0.3, 0.4) is 0 Å². The second kappa shape index (κ2) is 12.9. The van der Waals surface area contributed by atoms with E-state index in [2.05, 4.69) is 47.4 Å². The molecule has 194 valence electrons. The van der Waals surface area contributed by atoms with Gasteiger partial charge in [0.15, 0.2) is 0 Å². The van der Waals surface area contributed by atoms with Crippen LogP contribution >= 0.6 is 0 Å². The Hall–Kier alpha value is -3.66. The molecule has 10 heteroatoms. The molecule has 2 heterocycles. The average Bonchev–Trinajstić information content (AvgIpc) is 2.89. The maximum atomic E-state index is 13.0. The number of hydrogen-bond donors (Lipinski definition) is 2. The number of likely N-dealkylation sites (tertiary alicyclic amines) is 1. The van der Waals surface area contributed by atoms with Gasteiger partial charge < -0.3 is 24.7 Å².